The van der Waals surface area contributed by atoms with Crippen molar-refractivity contribution < 1.29 is 14.0 Å². The number of rotatable bonds is 4. The number of fused-ring (bicyclic) bond motifs is 1. The molecule has 0 spiro atoms. The van der Waals surface area contributed by atoms with Gasteiger partial charge in [-0.3, -0.25) is 14.6 Å². The van der Waals surface area contributed by atoms with Gasteiger partial charge in [0.2, 0.25) is 11.8 Å². The first-order valence-corrected chi connectivity index (χ1v) is 8.57. The van der Waals surface area contributed by atoms with Crippen molar-refractivity contribution in [3.63, 3.8) is 0 Å². The average molecular weight is 349 g/mol. The van der Waals surface area contributed by atoms with Gasteiger partial charge in [-0.2, -0.15) is 0 Å². The van der Waals surface area contributed by atoms with Crippen LogP contribution in [0.3, 0.4) is 0 Å². The van der Waals surface area contributed by atoms with E-state index in [2.05, 4.69) is 10.3 Å². The standard InChI is InChI=1S/C20H19N3O3/c1-13-4-5-14-9-16(6-7-18(14)21-13)22-20(25)15-10-19(24)23(11-15)12-17-3-2-8-26-17/h2-9,15H,10-12H2,1H3,(H,22,25)/t15-/m1/s1. The van der Waals surface area contributed by atoms with Crippen LogP contribution < -0.4 is 5.32 Å². The van der Waals surface area contributed by atoms with Crippen molar-refractivity contribution in [3.05, 3.63) is 60.2 Å². The summed E-state index contributed by atoms with van der Waals surface area (Å²) in [5, 5.41) is 3.89. The molecule has 0 bridgehead atoms. The number of likely N-dealkylation sites (tertiary alicyclic amines) is 1. The average Bonchev–Trinajstić information content (AvgIpc) is 3.26. The highest BCUT2D eigenvalue weighted by molar-refractivity contribution is 5.98. The third-order valence-electron chi connectivity index (χ3n) is 4.61. The molecule has 0 unspecified atom stereocenters. The van der Waals surface area contributed by atoms with Gasteiger partial charge in [0.1, 0.15) is 5.76 Å². The lowest BCUT2D eigenvalue weighted by Gasteiger charge is -2.15. The van der Waals surface area contributed by atoms with Gasteiger partial charge in [0.25, 0.3) is 0 Å². The van der Waals surface area contributed by atoms with Crippen LogP contribution in [0.5, 0.6) is 0 Å². The first kappa shape index (κ1) is 16.3. The monoisotopic (exact) mass is 349 g/mol. The van der Waals surface area contributed by atoms with E-state index in [1.54, 1.807) is 17.2 Å². The maximum Gasteiger partial charge on any atom is 0.229 e. The Labute approximate surface area is 150 Å². The molecule has 26 heavy (non-hydrogen) atoms. The van der Waals surface area contributed by atoms with Gasteiger partial charge in [-0.1, -0.05) is 6.07 Å². The summed E-state index contributed by atoms with van der Waals surface area (Å²) in [6.45, 7) is 2.75. The molecule has 2 aromatic heterocycles. The van der Waals surface area contributed by atoms with E-state index >= 15 is 0 Å². The van der Waals surface area contributed by atoms with Gasteiger partial charge in [0, 0.05) is 29.7 Å². The van der Waals surface area contributed by atoms with E-state index in [1.807, 2.05) is 43.3 Å². The molecule has 0 radical (unpaired) electrons. The van der Waals surface area contributed by atoms with Gasteiger partial charge in [-0.15, -0.1) is 0 Å². The predicted octanol–water partition coefficient (Wildman–Crippen LogP) is 3.12. The Hall–Kier alpha value is -3.15. The lowest BCUT2D eigenvalue weighted by Crippen LogP contribution is -2.27. The van der Waals surface area contributed by atoms with Gasteiger partial charge in [-0.05, 0) is 43.3 Å². The molecule has 6 heteroatoms. The van der Waals surface area contributed by atoms with E-state index in [4.69, 9.17) is 4.42 Å². The summed E-state index contributed by atoms with van der Waals surface area (Å²) in [6, 6.07) is 13.2. The zero-order chi connectivity index (χ0) is 18.1. The molecule has 1 atom stereocenters. The van der Waals surface area contributed by atoms with E-state index in [-0.39, 0.29) is 24.2 Å². The van der Waals surface area contributed by atoms with Crippen LogP contribution in [-0.2, 0) is 16.1 Å². The maximum absolute atomic E-state index is 12.6. The highest BCUT2D eigenvalue weighted by atomic mass is 16.3. The molecular weight excluding hydrogens is 330 g/mol. The molecule has 2 amide bonds. The van der Waals surface area contributed by atoms with E-state index in [9.17, 15) is 9.59 Å². The van der Waals surface area contributed by atoms with E-state index < -0.39 is 0 Å². The van der Waals surface area contributed by atoms with Crippen LogP contribution in [-0.4, -0.2) is 28.2 Å². The van der Waals surface area contributed by atoms with Crippen LogP contribution in [0.2, 0.25) is 0 Å². The number of anilines is 1. The number of nitrogens with one attached hydrogen (secondary N) is 1. The molecule has 3 aromatic rings. The highest BCUT2D eigenvalue weighted by Gasteiger charge is 2.34. The van der Waals surface area contributed by atoms with Crippen molar-refractivity contribution in [3.8, 4) is 0 Å². The molecule has 1 N–H and O–H groups in total. The summed E-state index contributed by atoms with van der Waals surface area (Å²) in [5.74, 6) is 0.195. The molecule has 1 aliphatic heterocycles. The first-order chi connectivity index (χ1) is 12.6. The second-order valence-electron chi connectivity index (χ2n) is 6.60. The molecular formula is C20H19N3O3. The number of aryl methyl sites for hydroxylation is 1. The Morgan fingerprint density at radius 1 is 1.31 bits per heavy atom. The quantitative estimate of drug-likeness (QED) is 0.785. The molecule has 1 fully saturated rings. The van der Waals surface area contributed by atoms with Crippen LogP contribution in [0, 0.1) is 12.8 Å². The van der Waals surface area contributed by atoms with Gasteiger partial charge in [0.15, 0.2) is 0 Å². The molecule has 1 aromatic carbocycles. The molecule has 1 saturated heterocycles. The number of furan rings is 1. The number of hydrogen-bond donors (Lipinski definition) is 1. The van der Waals surface area contributed by atoms with E-state index in [0.29, 0.717) is 18.8 Å². The van der Waals surface area contributed by atoms with Crippen molar-refractivity contribution >= 4 is 28.4 Å². The number of benzene rings is 1. The Kier molecular flexibility index (Phi) is 4.16. The van der Waals surface area contributed by atoms with Crippen molar-refractivity contribution in [1.82, 2.24) is 9.88 Å². The summed E-state index contributed by atoms with van der Waals surface area (Å²) in [6.07, 6.45) is 1.80. The largest absolute Gasteiger partial charge is 0.467 e. The highest BCUT2D eigenvalue weighted by Crippen LogP contribution is 2.23. The SMILES string of the molecule is Cc1ccc2cc(NC(=O)[C@@H]3CC(=O)N(Cc4ccco4)C3)ccc2n1. The molecule has 1 aliphatic rings. The van der Waals surface area contributed by atoms with Gasteiger partial charge in [0.05, 0.1) is 24.2 Å². The number of amides is 2. The van der Waals surface area contributed by atoms with E-state index in [0.717, 1.165) is 22.4 Å². The Morgan fingerprint density at radius 2 is 2.19 bits per heavy atom. The minimum absolute atomic E-state index is 0.0280. The number of aromatic nitrogens is 1. The molecule has 4 rings (SSSR count). The summed E-state index contributed by atoms with van der Waals surface area (Å²) < 4.78 is 5.28. The number of pyridine rings is 1. The zero-order valence-corrected chi connectivity index (χ0v) is 14.4. The smallest absolute Gasteiger partial charge is 0.229 e. The summed E-state index contributed by atoms with van der Waals surface area (Å²) in [7, 11) is 0. The second-order valence-corrected chi connectivity index (χ2v) is 6.60. The fourth-order valence-corrected chi connectivity index (χ4v) is 3.24. The third kappa shape index (κ3) is 3.31. The van der Waals surface area contributed by atoms with Crippen molar-refractivity contribution in [2.75, 3.05) is 11.9 Å². The summed E-state index contributed by atoms with van der Waals surface area (Å²) in [4.78, 5) is 30.9. The van der Waals surface area contributed by atoms with Gasteiger partial charge in [-0.25, -0.2) is 0 Å². The fraction of sp³-hybridized carbons (Fsp3) is 0.250. The first-order valence-electron chi connectivity index (χ1n) is 8.57. The maximum atomic E-state index is 12.6. The van der Waals surface area contributed by atoms with Crippen LogP contribution in [0.15, 0.2) is 53.1 Å². The summed E-state index contributed by atoms with van der Waals surface area (Å²) >= 11 is 0. The third-order valence-corrected chi connectivity index (χ3v) is 4.61. The lowest BCUT2D eigenvalue weighted by atomic mass is 10.1. The van der Waals surface area contributed by atoms with Crippen molar-refractivity contribution in [2.45, 2.75) is 19.9 Å². The minimum Gasteiger partial charge on any atom is -0.467 e. The molecule has 132 valence electrons. The number of nitrogens with zero attached hydrogens (tertiary/aromatic N) is 2. The second kappa shape index (κ2) is 6.63. The van der Waals surface area contributed by atoms with Crippen LogP contribution in [0.4, 0.5) is 5.69 Å². The van der Waals surface area contributed by atoms with E-state index in [1.165, 1.54) is 0 Å². The predicted molar refractivity (Wildman–Crippen MR) is 97.3 cm³/mol. The van der Waals surface area contributed by atoms with Crippen LogP contribution in [0.25, 0.3) is 10.9 Å². The number of carbonyl (C=O) groups excluding carboxylic acids is 2. The lowest BCUT2D eigenvalue weighted by molar-refractivity contribution is -0.128. The van der Waals surface area contributed by atoms with Crippen LogP contribution >= 0.6 is 0 Å². The molecule has 0 aliphatic carbocycles. The number of hydrogen-bond acceptors (Lipinski definition) is 4. The molecule has 0 saturated carbocycles. The van der Waals surface area contributed by atoms with Crippen LogP contribution in [0.1, 0.15) is 17.9 Å². The van der Waals surface area contributed by atoms with Crippen molar-refractivity contribution in [1.29, 1.82) is 0 Å². The minimum atomic E-state index is -0.357. The molecule has 6 nitrogen and oxygen atoms in total. The summed E-state index contributed by atoms with van der Waals surface area (Å²) in [5.41, 5.74) is 2.56. The number of carbonyl (C=O) groups is 2. The zero-order valence-electron chi connectivity index (χ0n) is 14.4. The Morgan fingerprint density at radius 3 is 3.00 bits per heavy atom. The normalized spacial score (nSPS) is 17.0. The van der Waals surface area contributed by atoms with Crippen molar-refractivity contribution in [2.24, 2.45) is 5.92 Å². The van der Waals surface area contributed by atoms with Gasteiger partial charge >= 0.3 is 0 Å². The molecule has 3 heterocycles. The Balaban J connectivity index is 1.43. The Bertz CT molecular complexity index is 966. The van der Waals surface area contributed by atoms with Gasteiger partial charge < -0.3 is 14.6 Å². The topological polar surface area (TPSA) is 75.4 Å². The fourth-order valence-electron chi connectivity index (χ4n) is 3.24.